The third-order valence-electron chi connectivity index (χ3n) is 6.47. The highest BCUT2D eigenvalue weighted by atomic mass is 32.2. The lowest BCUT2D eigenvalue weighted by atomic mass is 9.88. The van der Waals surface area contributed by atoms with Gasteiger partial charge in [-0.1, -0.05) is 54.9 Å². The smallest absolute Gasteiger partial charge is 0.0544 e. The van der Waals surface area contributed by atoms with Crippen molar-refractivity contribution < 1.29 is 0 Å². The molecule has 144 valence electrons. The number of piperidine rings is 1. The lowest BCUT2D eigenvalue weighted by Gasteiger charge is -2.40. The Morgan fingerprint density at radius 3 is 2.67 bits per heavy atom. The van der Waals surface area contributed by atoms with Gasteiger partial charge in [-0.25, -0.2) is 0 Å². The van der Waals surface area contributed by atoms with Crippen LogP contribution in [0.2, 0.25) is 0 Å². The Balaban J connectivity index is 1.61. The van der Waals surface area contributed by atoms with Crippen molar-refractivity contribution in [2.24, 2.45) is 0 Å². The molecule has 2 heterocycles. The summed E-state index contributed by atoms with van der Waals surface area (Å²) >= 11 is 1.91. The molecule has 0 amide bonds. The Kier molecular flexibility index (Phi) is 5.52. The first kappa shape index (κ1) is 18.9. The standard InChI is InChI=1S/C24H32N2S/c1-5-7-18(3)26-15-14-22-21(16-26)20-8-6-9-23(24(20)25(22)4)27-19-12-10-17(2)11-13-19/h6,8-13,18,21-22H,5,7,14-16H2,1-4H3. The molecular weight excluding hydrogens is 348 g/mol. The fraction of sp³-hybridized carbons (Fsp3) is 0.500. The molecule has 0 aromatic heterocycles. The highest BCUT2D eigenvalue weighted by molar-refractivity contribution is 7.99. The van der Waals surface area contributed by atoms with Gasteiger partial charge < -0.3 is 4.90 Å². The molecule has 2 aromatic carbocycles. The number of anilines is 1. The number of hydrogen-bond acceptors (Lipinski definition) is 3. The third-order valence-corrected chi connectivity index (χ3v) is 7.52. The fourth-order valence-electron chi connectivity index (χ4n) is 4.93. The van der Waals surface area contributed by atoms with Gasteiger partial charge in [0, 0.05) is 47.9 Å². The van der Waals surface area contributed by atoms with Gasteiger partial charge in [-0.05, 0) is 50.5 Å². The van der Waals surface area contributed by atoms with Gasteiger partial charge in [0.05, 0.1) is 5.69 Å². The Labute approximate surface area is 168 Å². The minimum Gasteiger partial charge on any atom is -0.370 e. The number of hydrogen-bond donors (Lipinski definition) is 0. The van der Waals surface area contributed by atoms with E-state index < -0.39 is 0 Å². The van der Waals surface area contributed by atoms with Crippen LogP contribution >= 0.6 is 11.8 Å². The molecule has 0 spiro atoms. The van der Waals surface area contributed by atoms with E-state index in [2.05, 4.69) is 80.1 Å². The SMILES string of the molecule is CCCC(C)N1CCC2C(C1)c1cccc(Sc3ccc(C)cc3)c1N2C. The van der Waals surface area contributed by atoms with E-state index in [0.29, 0.717) is 18.0 Å². The zero-order chi connectivity index (χ0) is 19.0. The van der Waals surface area contributed by atoms with E-state index in [1.807, 2.05) is 11.8 Å². The number of nitrogens with zero attached hydrogens (tertiary/aromatic N) is 2. The molecule has 1 fully saturated rings. The Bertz CT molecular complexity index is 785. The number of likely N-dealkylation sites (N-methyl/N-ethyl adjacent to an activating group) is 1. The predicted octanol–water partition coefficient (Wildman–Crippen LogP) is 5.94. The van der Waals surface area contributed by atoms with Crippen molar-refractivity contribution in [3.05, 3.63) is 53.6 Å². The number of fused-ring (bicyclic) bond motifs is 3. The summed E-state index contributed by atoms with van der Waals surface area (Å²) in [4.78, 5) is 8.04. The molecule has 3 unspecified atom stereocenters. The molecule has 27 heavy (non-hydrogen) atoms. The first-order valence-electron chi connectivity index (χ1n) is 10.4. The summed E-state index contributed by atoms with van der Waals surface area (Å²) in [5, 5.41) is 0. The second-order valence-electron chi connectivity index (χ2n) is 8.32. The van der Waals surface area contributed by atoms with E-state index in [-0.39, 0.29) is 0 Å². The van der Waals surface area contributed by atoms with Crippen molar-refractivity contribution in [1.29, 1.82) is 0 Å². The van der Waals surface area contributed by atoms with Crippen LogP contribution < -0.4 is 4.90 Å². The molecule has 0 aliphatic carbocycles. The largest absolute Gasteiger partial charge is 0.370 e. The molecule has 2 nitrogen and oxygen atoms in total. The fourth-order valence-corrected chi connectivity index (χ4v) is 5.96. The van der Waals surface area contributed by atoms with Crippen molar-refractivity contribution in [3.63, 3.8) is 0 Å². The molecule has 3 atom stereocenters. The van der Waals surface area contributed by atoms with Gasteiger partial charge in [0.1, 0.15) is 0 Å². The normalized spacial score (nSPS) is 23.2. The summed E-state index contributed by atoms with van der Waals surface area (Å²) in [7, 11) is 2.31. The van der Waals surface area contributed by atoms with Crippen molar-refractivity contribution in [2.45, 2.75) is 67.8 Å². The molecule has 2 aliphatic heterocycles. The zero-order valence-electron chi connectivity index (χ0n) is 17.1. The number of rotatable bonds is 5. The van der Waals surface area contributed by atoms with Crippen LogP contribution in [0.5, 0.6) is 0 Å². The molecule has 0 N–H and O–H groups in total. The number of likely N-dealkylation sites (tertiary alicyclic amines) is 1. The van der Waals surface area contributed by atoms with Gasteiger partial charge >= 0.3 is 0 Å². The second kappa shape index (κ2) is 7.89. The second-order valence-corrected chi connectivity index (χ2v) is 9.43. The minimum absolute atomic E-state index is 0.650. The molecule has 2 aliphatic rings. The molecule has 2 aromatic rings. The summed E-state index contributed by atoms with van der Waals surface area (Å²) in [6.07, 6.45) is 3.86. The van der Waals surface area contributed by atoms with Crippen LogP contribution in [0.3, 0.4) is 0 Å². The molecule has 4 rings (SSSR count). The zero-order valence-corrected chi connectivity index (χ0v) is 17.9. The average Bonchev–Trinajstić information content (AvgIpc) is 2.97. The van der Waals surface area contributed by atoms with Crippen LogP contribution in [-0.2, 0) is 0 Å². The number of benzene rings is 2. The first-order chi connectivity index (χ1) is 13.1. The molecule has 1 saturated heterocycles. The van der Waals surface area contributed by atoms with Gasteiger partial charge in [-0.2, -0.15) is 0 Å². The van der Waals surface area contributed by atoms with Crippen molar-refractivity contribution >= 4 is 17.4 Å². The first-order valence-corrected chi connectivity index (χ1v) is 11.2. The van der Waals surface area contributed by atoms with E-state index in [4.69, 9.17) is 0 Å². The predicted molar refractivity (Wildman–Crippen MR) is 117 cm³/mol. The van der Waals surface area contributed by atoms with Gasteiger partial charge in [0.2, 0.25) is 0 Å². The van der Waals surface area contributed by atoms with Crippen molar-refractivity contribution in [3.8, 4) is 0 Å². The van der Waals surface area contributed by atoms with Crippen LogP contribution in [0.4, 0.5) is 5.69 Å². The van der Waals surface area contributed by atoms with Gasteiger partial charge in [-0.15, -0.1) is 0 Å². The summed E-state index contributed by atoms with van der Waals surface area (Å²) in [6.45, 7) is 9.31. The van der Waals surface area contributed by atoms with Crippen molar-refractivity contribution in [2.75, 3.05) is 25.0 Å². The molecule has 3 heteroatoms. The average molecular weight is 381 g/mol. The van der Waals surface area contributed by atoms with Crippen molar-refractivity contribution in [1.82, 2.24) is 4.90 Å². The van der Waals surface area contributed by atoms with Crippen LogP contribution in [0.15, 0.2) is 52.3 Å². The maximum absolute atomic E-state index is 2.73. The van der Waals surface area contributed by atoms with E-state index in [1.165, 1.54) is 53.4 Å². The van der Waals surface area contributed by atoms with Crippen LogP contribution in [0, 0.1) is 6.92 Å². The maximum atomic E-state index is 2.73. The van der Waals surface area contributed by atoms with E-state index in [9.17, 15) is 0 Å². The Hall–Kier alpha value is -1.45. The summed E-state index contributed by atoms with van der Waals surface area (Å²) in [5.41, 5.74) is 4.36. The van der Waals surface area contributed by atoms with Gasteiger partial charge in [0.25, 0.3) is 0 Å². The molecular formula is C24H32N2S. The highest BCUT2D eigenvalue weighted by Crippen LogP contribution is 2.49. The molecule has 0 radical (unpaired) electrons. The lowest BCUT2D eigenvalue weighted by Crippen LogP contribution is -2.48. The Morgan fingerprint density at radius 2 is 1.93 bits per heavy atom. The number of para-hydroxylation sites is 1. The van der Waals surface area contributed by atoms with E-state index in [1.54, 1.807) is 5.56 Å². The van der Waals surface area contributed by atoms with Crippen LogP contribution in [0.25, 0.3) is 0 Å². The van der Waals surface area contributed by atoms with Crippen LogP contribution in [0.1, 0.15) is 50.2 Å². The van der Waals surface area contributed by atoms with Gasteiger partial charge in [0.15, 0.2) is 0 Å². The van der Waals surface area contributed by atoms with Crippen LogP contribution in [-0.4, -0.2) is 37.1 Å². The maximum Gasteiger partial charge on any atom is 0.0544 e. The number of aryl methyl sites for hydroxylation is 1. The summed E-state index contributed by atoms with van der Waals surface area (Å²) in [5.74, 6) is 0.650. The summed E-state index contributed by atoms with van der Waals surface area (Å²) in [6, 6.07) is 17.2. The van der Waals surface area contributed by atoms with E-state index >= 15 is 0 Å². The monoisotopic (exact) mass is 380 g/mol. The highest BCUT2D eigenvalue weighted by Gasteiger charge is 2.42. The summed E-state index contributed by atoms with van der Waals surface area (Å²) < 4.78 is 0. The molecule has 0 saturated carbocycles. The third kappa shape index (κ3) is 3.64. The lowest BCUT2D eigenvalue weighted by molar-refractivity contribution is 0.142. The topological polar surface area (TPSA) is 6.48 Å². The molecule has 0 bridgehead atoms. The van der Waals surface area contributed by atoms with Gasteiger partial charge in [-0.3, -0.25) is 4.90 Å². The quantitative estimate of drug-likeness (QED) is 0.633. The van der Waals surface area contributed by atoms with E-state index in [0.717, 1.165) is 0 Å². The Morgan fingerprint density at radius 1 is 1.15 bits per heavy atom. The minimum atomic E-state index is 0.650.